The first-order valence-electron chi connectivity index (χ1n) is 7.09. The number of ether oxygens (including phenoxy) is 2. The van der Waals surface area contributed by atoms with E-state index in [-0.39, 0.29) is 11.2 Å². The highest BCUT2D eigenvalue weighted by atomic mass is 35.5. The molecule has 0 radical (unpaired) electrons. The van der Waals surface area contributed by atoms with Crippen molar-refractivity contribution >= 4 is 46.6 Å². The monoisotopic (exact) mass is 385 g/mol. The van der Waals surface area contributed by atoms with Gasteiger partial charge in [-0.05, 0) is 43.3 Å². The second-order valence-corrected chi connectivity index (χ2v) is 7.15. The number of rotatable bonds is 6. The zero-order valence-electron chi connectivity index (χ0n) is 13.4. The first kappa shape index (κ1) is 18.8. The fourth-order valence-corrected chi connectivity index (χ4v) is 3.21. The Balaban J connectivity index is 2.07. The van der Waals surface area contributed by atoms with E-state index in [2.05, 4.69) is 5.32 Å². The van der Waals surface area contributed by atoms with E-state index in [0.29, 0.717) is 27.2 Å². The van der Waals surface area contributed by atoms with Crippen molar-refractivity contribution in [3.8, 4) is 11.5 Å². The summed E-state index contributed by atoms with van der Waals surface area (Å²) in [5.41, 5.74) is 0.494. The second-order valence-electron chi connectivity index (χ2n) is 4.89. The number of hydrogen-bond donors (Lipinski definition) is 1. The van der Waals surface area contributed by atoms with Gasteiger partial charge in [-0.1, -0.05) is 23.2 Å². The highest BCUT2D eigenvalue weighted by Gasteiger charge is 2.17. The number of nitrogens with one attached hydrogen (secondary N) is 1. The summed E-state index contributed by atoms with van der Waals surface area (Å²) in [4.78, 5) is 13.3. The van der Waals surface area contributed by atoms with Crippen molar-refractivity contribution < 1.29 is 14.3 Å². The van der Waals surface area contributed by atoms with Gasteiger partial charge < -0.3 is 14.8 Å². The quantitative estimate of drug-likeness (QED) is 0.700. The van der Waals surface area contributed by atoms with E-state index < -0.39 is 0 Å². The van der Waals surface area contributed by atoms with Crippen LogP contribution in [0, 0.1) is 0 Å². The molecule has 2 aromatic carbocycles. The van der Waals surface area contributed by atoms with Gasteiger partial charge in [0.1, 0.15) is 0 Å². The third kappa shape index (κ3) is 4.72. The maximum Gasteiger partial charge on any atom is 0.237 e. The molecule has 0 aliphatic rings. The molecule has 0 spiro atoms. The molecule has 0 aliphatic heterocycles. The number of halogens is 2. The Kier molecular flexibility index (Phi) is 6.66. The van der Waals surface area contributed by atoms with Crippen LogP contribution in [0.1, 0.15) is 6.92 Å². The first-order valence-corrected chi connectivity index (χ1v) is 8.72. The molecule has 0 heterocycles. The Labute approximate surface area is 155 Å². The molecule has 1 N–H and O–H groups in total. The Morgan fingerprint density at radius 1 is 1.08 bits per heavy atom. The lowest BCUT2D eigenvalue weighted by molar-refractivity contribution is -0.115. The average Bonchev–Trinajstić information content (AvgIpc) is 2.57. The predicted octanol–water partition coefficient (Wildman–Crippen LogP) is 5.13. The third-order valence-electron chi connectivity index (χ3n) is 3.22. The van der Waals surface area contributed by atoms with Crippen LogP contribution in [-0.4, -0.2) is 25.4 Å². The molecule has 0 aromatic heterocycles. The fraction of sp³-hybridized carbons (Fsp3) is 0.235. The summed E-state index contributed by atoms with van der Waals surface area (Å²) in [6.45, 7) is 1.81. The van der Waals surface area contributed by atoms with Crippen molar-refractivity contribution in [1.29, 1.82) is 0 Å². The van der Waals surface area contributed by atoms with Gasteiger partial charge in [0, 0.05) is 9.92 Å². The Hall–Kier alpha value is -1.56. The molecular formula is C17H17Cl2NO3S. The van der Waals surface area contributed by atoms with Gasteiger partial charge in [0.25, 0.3) is 0 Å². The minimum absolute atomic E-state index is 0.168. The van der Waals surface area contributed by atoms with Crippen LogP contribution >= 0.6 is 35.0 Å². The number of carbonyl (C=O) groups is 1. The minimum atomic E-state index is -0.335. The third-order valence-corrected chi connectivity index (χ3v) is 4.88. The molecule has 4 nitrogen and oxygen atoms in total. The van der Waals surface area contributed by atoms with E-state index in [9.17, 15) is 4.79 Å². The number of thioether (sulfide) groups is 1. The van der Waals surface area contributed by atoms with E-state index >= 15 is 0 Å². The predicted molar refractivity (Wildman–Crippen MR) is 100.0 cm³/mol. The van der Waals surface area contributed by atoms with Gasteiger partial charge in [-0.2, -0.15) is 0 Å². The number of hydrogen-bond acceptors (Lipinski definition) is 4. The molecule has 1 amide bonds. The van der Waals surface area contributed by atoms with Gasteiger partial charge in [0.15, 0.2) is 11.5 Å². The molecule has 2 aromatic rings. The van der Waals surface area contributed by atoms with E-state index in [1.807, 2.05) is 19.1 Å². The van der Waals surface area contributed by atoms with Crippen LogP contribution in [0.3, 0.4) is 0 Å². The van der Waals surface area contributed by atoms with Gasteiger partial charge >= 0.3 is 0 Å². The van der Waals surface area contributed by atoms with Crippen molar-refractivity contribution in [1.82, 2.24) is 0 Å². The normalized spacial score (nSPS) is 11.7. The van der Waals surface area contributed by atoms with Crippen LogP contribution < -0.4 is 14.8 Å². The van der Waals surface area contributed by atoms with Crippen molar-refractivity contribution in [3.05, 3.63) is 46.4 Å². The van der Waals surface area contributed by atoms with Crippen molar-refractivity contribution in [2.24, 2.45) is 0 Å². The van der Waals surface area contributed by atoms with Crippen LogP contribution in [0.15, 0.2) is 41.3 Å². The lowest BCUT2D eigenvalue weighted by atomic mass is 10.3. The Morgan fingerprint density at radius 2 is 1.79 bits per heavy atom. The molecule has 0 bridgehead atoms. The van der Waals surface area contributed by atoms with Gasteiger partial charge in [-0.15, -0.1) is 11.8 Å². The highest BCUT2D eigenvalue weighted by Crippen LogP contribution is 2.34. The minimum Gasteiger partial charge on any atom is -0.493 e. The summed E-state index contributed by atoms with van der Waals surface area (Å²) in [7, 11) is 3.15. The SMILES string of the molecule is COc1ccc(SC(C)C(=O)Nc2cc(Cl)ccc2Cl)cc1OC. The molecule has 128 valence electrons. The van der Waals surface area contributed by atoms with Gasteiger partial charge in [0.05, 0.1) is 30.2 Å². The van der Waals surface area contributed by atoms with Crippen molar-refractivity contribution in [3.63, 3.8) is 0 Å². The Morgan fingerprint density at radius 3 is 2.46 bits per heavy atom. The standard InChI is InChI=1S/C17H17Cl2NO3S/c1-10(17(21)20-14-8-11(18)4-6-13(14)19)24-12-5-7-15(22-2)16(9-12)23-3/h4-10H,1-3H3,(H,20,21). The second kappa shape index (κ2) is 8.51. The number of anilines is 1. The lowest BCUT2D eigenvalue weighted by Crippen LogP contribution is -2.22. The Bertz CT molecular complexity index is 740. The molecule has 1 unspecified atom stereocenters. The van der Waals surface area contributed by atoms with E-state index in [1.54, 1.807) is 38.5 Å². The molecular weight excluding hydrogens is 369 g/mol. The number of carbonyl (C=O) groups excluding carboxylic acids is 1. The molecule has 7 heteroatoms. The van der Waals surface area contributed by atoms with Crippen molar-refractivity contribution in [2.75, 3.05) is 19.5 Å². The van der Waals surface area contributed by atoms with Gasteiger partial charge in [0.2, 0.25) is 5.91 Å². The van der Waals surface area contributed by atoms with E-state index in [4.69, 9.17) is 32.7 Å². The topological polar surface area (TPSA) is 47.6 Å². The van der Waals surface area contributed by atoms with Crippen LogP contribution in [0.25, 0.3) is 0 Å². The van der Waals surface area contributed by atoms with Gasteiger partial charge in [-0.3, -0.25) is 4.79 Å². The first-order chi connectivity index (χ1) is 11.4. The summed E-state index contributed by atoms with van der Waals surface area (Å²) < 4.78 is 10.5. The van der Waals surface area contributed by atoms with Crippen LogP contribution in [0.5, 0.6) is 11.5 Å². The molecule has 1 atom stereocenters. The van der Waals surface area contributed by atoms with Crippen molar-refractivity contribution in [2.45, 2.75) is 17.1 Å². The van der Waals surface area contributed by atoms with E-state index in [1.165, 1.54) is 11.8 Å². The number of methoxy groups -OCH3 is 2. The zero-order chi connectivity index (χ0) is 17.7. The number of benzene rings is 2. The smallest absolute Gasteiger partial charge is 0.237 e. The maximum atomic E-state index is 12.4. The zero-order valence-corrected chi connectivity index (χ0v) is 15.8. The summed E-state index contributed by atoms with van der Waals surface area (Å²) in [5.74, 6) is 1.09. The fourth-order valence-electron chi connectivity index (χ4n) is 1.98. The highest BCUT2D eigenvalue weighted by molar-refractivity contribution is 8.00. The molecule has 0 saturated carbocycles. The van der Waals surface area contributed by atoms with Crippen LogP contribution in [0.2, 0.25) is 10.0 Å². The maximum absolute atomic E-state index is 12.4. The van der Waals surface area contributed by atoms with E-state index in [0.717, 1.165) is 4.90 Å². The lowest BCUT2D eigenvalue weighted by Gasteiger charge is -2.14. The summed E-state index contributed by atoms with van der Waals surface area (Å²) in [5, 5.41) is 3.41. The summed E-state index contributed by atoms with van der Waals surface area (Å²) >= 11 is 13.4. The summed E-state index contributed by atoms with van der Waals surface area (Å²) in [6.07, 6.45) is 0. The molecule has 24 heavy (non-hydrogen) atoms. The largest absolute Gasteiger partial charge is 0.493 e. The molecule has 2 rings (SSSR count). The molecule has 0 aliphatic carbocycles. The average molecular weight is 386 g/mol. The van der Waals surface area contributed by atoms with Gasteiger partial charge in [-0.25, -0.2) is 0 Å². The van der Waals surface area contributed by atoms with Crippen LogP contribution in [0.4, 0.5) is 5.69 Å². The molecule has 0 fully saturated rings. The number of amides is 1. The molecule has 0 saturated heterocycles. The summed E-state index contributed by atoms with van der Waals surface area (Å²) in [6, 6.07) is 10.4. The van der Waals surface area contributed by atoms with Crippen LogP contribution in [-0.2, 0) is 4.79 Å².